The van der Waals surface area contributed by atoms with Crippen molar-refractivity contribution in [3.63, 3.8) is 0 Å². The van der Waals surface area contributed by atoms with Gasteiger partial charge in [-0.25, -0.2) is 4.79 Å². The minimum atomic E-state index is -0.903. The first kappa shape index (κ1) is 23.3. The van der Waals surface area contributed by atoms with Crippen LogP contribution in [-0.2, 0) is 4.79 Å². The standard InChI is InChI=1S/C26H26ClN5O2/c1-17-16-21(13-14-22(17)32-15-5-8-23(32)28)29-25(33)24(18-6-3-2-4-7-18)31-26(34)30-20-11-9-19(27)10-12-20/h2-4,6-7,9-14,16,24,28H,5,8,15H2,1H3,(H,29,33)(H2,30,31,34)/t24-/m1/s1. The summed E-state index contributed by atoms with van der Waals surface area (Å²) in [6.45, 7) is 2.79. The second-order valence-electron chi connectivity index (χ2n) is 8.14. The van der Waals surface area contributed by atoms with Crippen molar-refractivity contribution in [2.24, 2.45) is 0 Å². The maximum atomic E-state index is 13.2. The number of amides is 3. The van der Waals surface area contributed by atoms with Crippen LogP contribution in [0.25, 0.3) is 0 Å². The molecule has 4 rings (SSSR count). The molecule has 34 heavy (non-hydrogen) atoms. The minimum absolute atomic E-state index is 0.362. The van der Waals surface area contributed by atoms with Crippen LogP contribution in [0.4, 0.5) is 21.9 Å². The van der Waals surface area contributed by atoms with Gasteiger partial charge in [0, 0.05) is 35.1 Å². The molecule has 0 spiro atoms. The Balaban J connectivity index is 1.49. The summed E-state index contributed by atoms with van der Waals surface area (Å²) in [7, 11) is 0. The molecule has 0 aromatic heterocycles. The predicted octanol–water partition coefficient (Wildman–Crippen LogP) is 5.73. The van der Waals surface area contributed by atoms with Crippen molar-refractivity contribution in [3.05, 3.63) is 88.9 Å². The summed E-state index contributed by atoms with van der Waals surface area (Å²) >= 11 is 5.90. The van der Waals surface area contributed by atoms with Gasteiger partial charge in [-0.1, -0.05) is 41.9 Å². The Bertz CT molecular complexity index is 1200. The summed E-state index contributed by atoms with van der Waals surface area (Å²) in [6, 6.07) is 20.0. The van der Waals surface area contributed by atoms with Crippen molar-refractivity contribution in [1.82, 2.24) is 5.32 Å². The number of urea groups is 1. The van der Waals surface area contributed by atoms with Gasteiger partial charge >= 0.3 is 6.03 Å². The van der Waals surface area contributed by atoms with Gasteiger partial charge in [-0.15, -0.1) is 0 Å². The molecule has 4 N–H and O–H groups in total. The third-order valence-corrected chi connectivity index (χ3v) is 5.90. The van der Waals surface area contributed by atoms with Crippen molar-refractivity contribution >= 4 is 46.4 Å². The van der Waals surface area contributed by atoms with Gasteiger partial charge in [-0.05, 0) is 66.9 Å². The molecule has 1 aliphatic rings. The zero-order valence-electron chi connectivity index (χ0n) is 18.8. The molecule has 174 valence electrons. The average molecular weight is 476 g/mol. The number of hydrogen-bond donors (Lipinski definition) is 4. The zero-order valence-corrected chi connectivity index (χ0v) is 19.5. The Morgan fingerprint density at radius 1 is 0.971 bits per heavy atom. The number of benzene rings is 3. The predicted molar refractivity (Wildman–Crippen MR) is 137 cm³/mol. The molecule has 3 aromatic rings. The summed E-state index contributed by atoms with van der Waals surface area (Å²) in [6.07, 6.45) is 1.75. The lowest BCUT2D eigenvalue weighted by atomic mass is 10.1. The number of nitrogens with one attached hydrogen (secondary N) is 4. The van der Waals surface area contributed by atoms with E-state index in [4.69, 9.17) is 17.0 Å². The zero-order chi connectivity index (χ0) is 24.1. The molecule has 1 fully saturated rings. The first-order valence-electron chi connectivity index (χ1n) is 11.1. The van der Waals surface area contributed by atoms with E-state index in [1.807, 2.05) is 48.2 Å². The average Bonchev–Trinajstić information content (AvgIpc) is 3.25. The molecule has 1 heterocycles. The number of aryl methyl sites for hydroxylation is 1. The quantitative estimate of drug-likeness (QED) is 0.366. The SMILES string of the molecule is Cc1cc(NC(=O)[C@H](NC(=O)Nc2ccc(Cl)cc2)c2ccccc2)ccc1N1CCCC1=N. The minimum Gasteiger partial charge on any atom is -0.330 e. The largest absolute Gasteiger partial charge is 0.330 e. The number of hydrogen-bond acceptors (Lipinski definition) is 3. The van der Waals surface area contributed by atoms with Gasteiger partial charge < -0.3 is 20.9 Å². The van der Waals surface area contributed by atoms with E-state index in [0.717, 1.165) is 30.6 Å². The number of rotatable bonds is 6. The molecule has 1 saturated heterocycles. The van der Waals surface area contributed by atoms with E-state index < -0.39 is 12.1 Å². The highest BCUT2D eigenvalue weighted by Gasteiger charge is 2.24. The second kappa shape index (κ2) is 10.4. The smallest absolute Gasteiger partial charge is 0.320 e. The molecule has 0 bridgehead atoms. The summed E-state index contributed by atoms with van der Waals surface area (Å²) in [4.78, 5) is 27.9. The van der Waals surface area contributed by atoms with Gasteiger partial charge in [-0.2, -0.15) is 0 Å². The van der Waals surface area contributed by atoms with E-state index >= 15 is 0 Å². The number of amidine groups is 1. The molecule has 0 saturated carbocycles. The third kappa shape index (κ3) is 5.55. The molecule has 7 nitrogen and oxygen atoms in total. The highest BCUT2D eigenvalue weighted by molar-refractivity contribution is 6.30. The molecule has 1 aliphatic heterocycles. The molecule has 8 heteroatoms. The van der Waals surface area contributed by atoms with Crippen LogP contribution in [0.15, 0.2) is 72.8 Å². The molecule has 1 atom stereocenters. The van der Waals surface area contributed by atoms with Crippen LogP contribution in [0.1, 0.15) is 30.0 Å². The van der Waals surface area contributed by atoms with Crippen molar-refractivity contribution < 1.29 is 9.59 Å². The van der Waals surface area contributed by atoms with E-state index in [-0.39, 0.29) is 5.91 Å². The van der Waals surface area contributed by atoms with Gasteiger partial charge in [0.15, 0.2) is 0 Å². The van der Waals surface area contributed by atoms with E-state index in [9.17, 15) is 9.59 Å². The molecule has 3 aromatic carbocycles. The van der Waals surface area contributed by atoms with Gasteiger partial charge in [0.25, 0.3) is 5.91 Å². The van der Waals surface area contributed by atoms with Crippen LogP contribution in [0.5, 0.6) is 0 Å². The summed E-state index contributed by atoms with van der Waals surface area (Å²) in [5, 5.41) is 17.1. The van der Waals surface area contributed by atoms with E-state index in [1.54, 1.807) is 36.4 Å². The lowest BCUT2D eigenvalue weighted by molar-refractivity contribution is -0.118. The van der Waals surface area contributed by atoms with Crippen molar-refractivity contribution in [2.75, 3.05) is 22.1 Å². The normalized spacial score (nSPS) is 13.9. The monoisotopic (exact) mass is 475 g/mol. The van der Waals surface area contributed by atoms with Crippen molar-refractivity contribution in [1.29, 1.82) is 5.41 Å². The Labute approximate surface area is 203 Å². The van der Waals surface area contributed by atoms with Crippen LogP contribution in [-0.4, -0.2) is 24.3 Å². The Hall–Kier alpha value is -3.84. The first-order chi connectivity index (χ1) is 16.4. The van der Waals surface area contributed by atoms with Crippen molar-refractivity contribution in [3.8, 4) is 0 Å². The van der Waals surface area contributed by atoms with Crippen LogP contribution in [0, 0.1) is 12.3 Å². The van der Waals surface area contributed by atoms with Gasteiger partial charge in [-0.3, -0.25) is 10.2 Å². The number of carbonyl (C=O) groups excluding carboxylic acids is 2. The van der Waals surface area contributed by atoms with E-state index in [2.05, 4.69) is 16.0 Å². The number of anilines is 3. The lowest BCUT2D eigenvalue weighted by Crippen LogP contribution is -2.39. The second-order valence-corrected chi connectivity index (χ2v) is 8.58. The van der Waals surface area contributed by atoms with Crippen LogP contribution in [0.3, 0.4) is 0 Å². The Morgan fingerprint density at radius 3 is 2.32 bits per heavy atom. The fraction of sp³-hybridized carbons (Fsp3) is 0.192. The lowest BCUT2D eigenvalue weighted by Gasteiger charge is -2.22. The van der Waals surface area contributed by atoms with Crippen molar-refractivity contribution in [2.45, 2.75) is 25.8 Å². The van der Waals surface area contributed by atoms with Gasteiger partial charge in [0.1, 0.15) is 11.9 Å². The molecular weight excluding hydrogens is 450 g/mol. The Kier molecular flexibility index (Phi) is 7.13. The number of nitrogens with zero attached hydrogens (tertiary/aromatic N) is 1. The first-order valence-corrected chi connectivity index (χ1v) is 11.4. The maximum absolute atomic E-state index is 13.2. The third-order valence-electron chi connectivity index (χ3n) is 5.65. The highest BCUT2D eigenvalue weighted by Crippen LogP contribution is 2.28. The summed E-state index contributed by atoms with van der Waals surface area (Å²) in [5.74, 6) is 0.249. The molecule has 0 radical (unpaired) electrons. The fourth-order valence-electron chi connectivity index (χ4n) is 3.97. The molecule has 3 amide bonds. The van der Waals surface area contributed by atoms with Crippen LogP contribution >= 0.6 is 11.6 Å². The molecular formula is C26H26ClN5O2. The molecule has 0 aliphatic carbocycles. The Morgan fingerprint density at radius 2 is 1.68 bits per heavy atom. The van der Waals surface area contributed by atoms with Crippen LogP contribution in [0.2, 0.25) is 5.02 Å². The number of halogens is 1. The van der Waals surface area contributed by atoms with E-state index in [1.165, 1.54) is 0 Å². The van der Waals surface area contributed by atoms with E-state index in [0.29, 0.717) is 27.8 Å². The fourth-order valence-corrected chi connectivity index (χ4v) is 4.09. The summed E-state index contributed by atoms with van der Waals surface area (Å²) < 4.78 is 0. The topological polar surface area (TPSA) is 97.3 Å². The van der Waals surface area contributed by atoms with Crippen LogP contribution < -0.4 is 20.9 Å². The molecule has 0 unspecified atom stereocenters. The summed E-state index contributed by atoms with van der Waals surface area (Å²) in [5.41, 5.74) is 3.78. The van der Waals surface area contributed by atoms with Gasteiger partial charge in [0.2, 0.25) is 0 Å². The van der Waals surface area contributed by atoms with Gasteiger partial charge in [0.05, 0.1) is 0 Å². The highest BCUT2D eigenvalue weighted by atomic mass is 35.5. The maximum Gasteiger partial charge on any atom is 0.320 e. The number of carbonyl (C=O) groups is 2.